The van der Waals surface area contributed by atoms with E-state index in [-0.39, 0.29) is 0 Å². The van der Waals surface area contributed by atoms with Crippen molar-refractivity contribution in [2.75, 3.05) is 0 Å². The highest BCUT2D eigenvalue weighted by molar-refractivity contribution is 14.1. The van der Waals surface area contributed by atoms with E-state index in [4.69, 9.17) is 12.2 Å². The maximum atomic E-state index is 5.50. The van der Waals surface area contributed by atoms with Gasteiger partial charge in [-0.2, -0.15) is 0 Å². The van der Waals surface area contributed by atoms with Crippen molar-refractivity contribution in [1.29, 1.82) is 0 Å². The minimum atomic E-state index is 0.594. The van der Waals surface area contributed by atoms with Crippen molar-refractivity contribution in [3.8, 4) is 0 Å². The average Bonchev–Trinajstić information content (AvgIpc) is 3.20. The number of nitrogens with one attached hydrogen (secondary N) is 1. The minimum absolute atomic E-state index is 0.594. The summed E-state index contributed by atoms with van der Waals surface area (Å²) < 4.78 is 4.47. The first kappa shape index (κ1) is 11.5. The van der Waals surface area contributed by atoms with E-state index in [1.54, 1.807) is 0 Å². The molecule has 0 bridgehead atoms. The average molecular weight is 370 g/mol. The molecule has 0 amide bonds. The molecule has 1 N–H and O–H groups in total. The molecule has 2 nitrogen and oxygen atoms in total. The van der Waals surface area contributed by atoms with Crippen LogP contribution in [0.5, 0.6) is 0 Å². The number of hydrogen-bond acceptors (Lipinski definition) is 1. The fourth-order valence-electron chi connectivity index (χ4n) is 3.16. The van der Waals surface area contributed by atoms with Crippen LogP contribution < -0.4 is 0 Å². The van der Waals surface area contributed by atoms with Crippen LogP contribution in [0.25, 0.3) is 11.0 Å². The van der Waals surface area contributed by atoms with Crippen LogP contribution in [0, 0.1) is 19.7 Å². The minimum Gasteiger partial charge on any atom is -0.331 e. The maximum absolute atomic E-state index is 5.50. The number of imidazole rings is 1. The number of H-pyrrole nitrogens is 1. The van der Waals surface area contributed by atoms with Crippen LogP contribution >= 0.6 is 34.8 Å². The lowest BCUT2D eigenvalue weighted by Crippen LogP contribution is -2.13. The summed E-state index contributed by atoms with van der Waals surface area (Å²) in [6.07, 6.45) is 5.67. The van der Waals surface area contributed by atoms with E-state index in [0.29, 0.717) is 5.41 Å². The standard InChI is InChI=1S/C14H15IN2S/c15-10-3-4-12-11(7-10)16-13(18)17(12)8-14(5-6-14)9-1-2-9/h3-4,7,9H,1-2,5-6,8H2,(H,16,18). The molecule has 18 heavy (non-hydrogen) atoms. The molecule has 0 atom stereocenters. The fraction of sp³-hybridized carbons (Fsp3) is 0.500. The highest BCUT2D eigenvalue weighted by Crippen LogP contribution is 2.62. The molecule has 1 heterocycles. The molecule has 2 saturated carbocycles. The number of halogens is 1. The van der Waals surface area contributed by atoms with E-state index in [1.807, 2.05) is 0 Å². The van der Waals surface area contributed by atoms with Gasteiger partial charge in [0, 0.05) is 10.1 Å². The molecule has 2 aliphatic carbocycles. The zero-order valence-corrected chi connectivity index (χ0v) is 13.1. The third-order valence-corrected chi connectivity index (χ3v) is 5.54. The Balaban J connectivity index is 1.80. The zero-order chi connectivity index (χ0) is 12.3. The van der Waals surface area contributed by atoms with Crippen LogP contribution in [0.2, 0.25) is 0 Å². The van der Waals surface area contributed by atoms with Crippen LogP contribution in [0.3, 0.4) is 0 Å². The fourth-order valence-corrected chi connectivity index (χ4v) is 3.92. The van der Waals surface area contributed by atoms with Gasteiger partial charge < -0.3 is 9.55 Å². The topological polar surface area (TPSA) is 20.7 Å². The molecule has 1 aromatic heterocycles. The molecule has 2 aromatic rings. The van der Waals surface area contributed by atoms with Gasteiger partial charge in [0.05, 0.1) is 11.0 Å². The second kappa shape index (κ2) is 3.82. The SMILES string of the molecule is S=c1[nH]c2cc(I)ccc2n1CC1(C2CC2)CC1. The second-order valence-electron chi connectivity index (χ2n) is 5.81. The van der Waals surface area contributed by atoms with Crippen LogP contribution in [0.4, 0.5) is 0 Å². The molecule has 1 aromatic carbocycles. The highest BCUT2D eigenvalue weighted by atomic mass is 127. The van der Waals surface area contributed by atoms with E-state index in [2.05, 4.69) is 50.3 Å². The number of aromatic nitrogens is 2. The molecule has 0 saturated heterocycles. The molecular formula is C14H15IN2S. The van der Waals surface area contributed by atoms with E-state index in [0.717, 1.165) is 17.2 Å². The quantitative estimate of drug-likeness (QED) is 0.624. The molecule has 0 aliphatic heterocycles. The van der Waals surface area contributed by atoms with Gasteiger partial charge in [0.1, 0.15) is 0 Å². The van der Waals surface area contributed by atoms with Gasteiger partial charge in [-0.15, -0.1) is 0 Å². The summed E-state index contributed by atoms with van der Waals surface area (Å²) in [5, 5.41) is 0. The third-order valence-electron chi connectivity index (χ3n) is 4.54. The monoisotopic (exact) mass is 370 g/mol. The first-order chi connectivity index (χ1) is 8.68. The largest absolute Gasteiger partial charge is 0.331 e. The summed E-state index contributed by atoms with van der Waals surface area (Å²) >= 11 is 7.85. The van der Waals surface area contributed by atoms with Gasteiger partial charge in [-0.1, -0.05) is 0 Å². The molecule has 0 spiro atoms. The number of nitrogens with zero attached hydrogens (tertiary/aromatic N) is 1. The van der Waals surface area contributed by atoms with E-state index >= 15 is 0 Å². The van der Waals surface area contributed by atoms with Crippen molar-refractivity contribution in [2.24, 2.45) is 11.3 Å². The molecule has 0 unspecified atom stereocenters. The molecule has 94 valence electrons. The van der Waals surface area contributed by atoms with Crippen molar-refractivity contribution in [3.63, 3.8) is 0 Å². The second-order valence-corrected chi connectivity index (χ2v) is 7.45. The van der Waals surface area contributed by atoms with Crippen molar-refractivity contribution in [1.82, 2.24) is 9.55 Å². The summed E-state index contributed by atoms with van der Waals surface area (Å²) in [7, 11) is 0. The summed E-state index contributed by atoms with van der Waals surface area (Å²) in [5.41, 5.74) is 3.04. The Morgan fingerprint density at radius 3 is 2.83 bits per heavy atom. The lowest BCUT2D eigenvalue weighted by molar-refractivity contribution is 0.373. The molecular weight excluding hydrogens is 355 g/mol. The number of fused-ring (bicyclic) bond motifs is 1. The Labute approximate surface area is 125 Å². The van der Waals surface area contributed by atoms with Crippen LogP contribution in [-0.4, -0.2) is 9.55 Å². The van der Waals surface area contributed by atoms with E-state index in [9.17, 15) is 0 Å². The van der Waals surface area contributed by atoms with Crippen LogP contribution in [0.1, 0.15) is 25.7 Å². The lowest BCUT2D eigenvalue weighted by Gasteiger charge is -2.15. The summed E-state index contributed by atoms with van der Waals surface area (Å²) in [4.78, 5) is 3.35. The van der Waals surface area contributed by atoms with Gasteiger partial charge in [0.25, 0.3) is 0 Å². The number of hydrogen-bond donors (Lipinski definition) is 1. The van der Waals surface area contributed by atoms with Gasteiger partial charge in [-0.25, -0.2) is 0 Å². The molecule has 4 rings (SSSR count). The third kappa shape index (κ3) is 1.76. The summed E-state index contributed by atoms with van der Waals surface area (Å²) in [5.74, 6) is 0.980. The smallest absolute Gasteiger partial charge is 0.178 e. The molecule has 2 aliphatic rings. The van der Waals surface area contributed by atoms with Gasteiger partial charge in [0.2, 0.25) is 0 Å². The zero-order valence-electron chi connectivity index (χ0n) is 10.1. The molecule has 2 fully saturated rings. The van der Waals surface area contributed by atoms with Crippen LogP contribution in [-0.2, 0) is 6.54 Å². The Morgan fingerprint density at radius 1 is 1.39 bits per heavy atom. The van der Waals surface area contributed by atoms with E-state index < -0.39 is 0 Å². The first-order valence-corrected chi connectivity index (χ1v) is 8.05. The summed E-state index contributed by atoms with van der Waals surface area (Å²) in [6.45, 7) is 1.12. The first-order valence-electron chi connectivity index (χ1n) is 6.56. The van der Waals surface area contributed by atoms with Crippen molar-refractivity contribution in [3.05, 3.63) is 26.5 Å². The van der Waals surface area contributed by atoms with Crippen molar-refractivity contribution in [2.45, 2.75) is 32.2 Å². The number of aromatic amines is 1. The Bertz CT molecular complexity index is 677. The van der Waals surface area contributed by atoms with Gasteiger partial charge >= 0.3 is 0 Å². The van der Waals surface area contributed by atoms with Crippen LogP contribution in [0.15, 0.2) is 18.2 Å². The van der Waals surface area contributed by atoms with Crippen molar-refractivity contribution < 1.29 is 0 Å². The predicted molar refractivity (Wildman–Crippen MR) is 84.2 cm³/mol. The molecule has 0 radical (unpaired) electrons. The lowest BCUT2D eigenvalue weighted by atomic mass is 10.0. The normalized spacial score (nSPS) is 21.4. The molecule has 4 heteroatoms. The van der Waals surface area contributed by atoms with Gasteiger partial charge in [-0.05, 0) is 90.0 Å². The Morgan fingerprint density at radius 2 is 2.17 bits per heavy atom. The predicted octanol–water partition coefficient (Wildman–Crippen LogP) is 4.49. The number of rotatable bonds is 3. The van der Waals surface area contributed by atoms with Crippen molar-refractivity contribution >= 4 is 45.8 Å². The van der Waals surface area contributed by atoms with E-state index in [1.165, 1.54) is 40.3 Å². The Kier molecular flexibility index (Phi) is 2.43. The van der Waals surface area contributed by atoms with Gasteiger partial charge in [0.15, 0.2) is 4.77 Å². The summed E-state index contributed by atoms with van der Waals surface area (Å²) in [6, 6.07) is 6.55. The van der Waals surface area contributed by atoms with Gasteiger partial charge in [-0.3, -0.25) is 0 Å². The number of benzene rings is 1. The Hall–Kier alpha value is -0.360. The maximum Gasteiger partial charge on any atom is 0.178 e. The highest BCUT2D eigenvalue weighted by Gasteiger charge is 2.53.